The molecule has 1 unspecified atom stereocenters. The Kier molecular flexibility index (Phi) is 5.47. The molecule has 0 saturated carbocycles. The lowest BCUT2D eigenvalue weighted by Gasteiger charge is -2.39. The van der Waals surface area contributed by atoms with E-state index in [1.54, 1.807) is 6.92 Å². The van der Waals surface area contributed by atoms with Gasteiger partial charge in [0.05, 0.1) is 5.57 Å². The number of nitrogens with one attached hydrogen (secondary N) is 1. The molecule has 1 fully saturated rings. The molecule has 5 heteroatoms. The van der Waals surface area contributed by atoms with E-state index in [9.17, 15) is 9.59 Å². The predicted molar refractivity (Wildman–Crippen MR) is 101 cm³/mol. The van der Waals surface area contributed by atoms with Crippen molar-refractivity contribution in [1.29, 1.82) is 0 Å². The molecule has 1 atom stereocenters. The highest BCUT2D eigenvalue weighted by molar-refractivity contribution is 6.07. The standard InChI is InChI=1S/C21H28N2O3/c1-4-23-12-10-21(11-13-23)18(16(3)20(25)26-21)19(24)22-14-15(2)17-8-6-5-7-9-17/h5-9,15H,4,10-14H2,1-3H3,(H,22,24). The number of ether oxygens (including phenoxy) is 1. The quantitative estimate of drug-likeness (QED) is 0.824. The molecule has 26 heavy (non-hydrogen) atoms. The van der Waals surface area contributed by atoms with Crippen molar-refractivity contribution in [2.75, 3.05) is 26.2 Å². The maximum atomic E-state index is 12.9. The third kappa shape index (κ3) is 3.54. The molecule has 1 aromatic rings. The number of esters is 1. The van der Waals surface area contributed by atoms with Gasteiger partial charge in [0.25, 0.3) is 5.91 Å². The van der Waals surface area contributed by atoms with Gasteiger partial charge in [-0.15, -0.1) is 0 Å². The van der Waals surface area contributed by atoms with Gasteiger partial charge in [-0.1, -0.05) is 44.2 Å². The van der Waals surface area contributed by atoms with Gasteiger partial charge in [-0.05, 0) is 24.9 Å². The van der Waals surface area contributed by atoms with Crippen LogP contribution in [0.4, 0.5) is 0 Å². The number of amides is 1. The second-order valence-electron chi connectivity index (χ2n) is 7.34. The summed E-state index contributed by atoms with van der Waals surface area (Å²) in [5.41, 5.74) is 1.44. The van der Waals surface area contributed by atoms with Crippen LogP contribution < -0.4 is 5.32 Å². The largest absolute Gasteiger partial charge is 0.450 e. The highest BCUT2D eigenvalue weighted by atomic mass is 16.6. The molecule has 0 aromatic heterocycles. The average Bonchev–Trinajstić information content (AvgIpc) is 2.90. The van der Waals surface area contributed by atoms with Gasteiger partial charge in [-0.3, -0.25) is 4.79 Å². The molecule has 2 aliphatic heterocycles. The van der Waals surface area contributed by atoms with Gasteiger partial charge in [0.1, 0.15) is 5.60 Å². The zero-order valence-corrected chi connectivity index (χ0v) is 15.9. The van der Waals surface area contributed by atoms with Gasteiger partial charge in [0.15, 0.2) is 0 Å². The van der Waals surface area contributed by atoms with Crippen molar-refractivity contribution in [2.24, 2.45) is 0 Å². The fourth-order valence-corrected chi connectivity index (χ4v) is 3.94. The number of hydrogen-bond acceptors (Lipinski definition) is 4. The molecule has 3 rings (SSSR count). The van der Waals surface area contributed by atoms with Crippen molar-refractivity contribution < 1.29 is 14.3 Å². The van der Waals surface area contributed by atoms with Crippen LogP contribution in [0.1, 0.15) is 45.1 Å². The topological polar surface area (TPSA) is 58.6 Å². The molecule has 2 aliphatic rings. The van der Waals surface area contributed by atoms with E-state index in [4.69, 9.17) is 4.74 Å². The molecule has 1 aromatic carbocycles. The summed E-state index contributed by atoms with van der Waals surface area (Å²) in [5, 5.41) is 3.03. The summed E-state index contributed by atoms with van der Waals surface area (Å²) >= 11 is 0. The van der Waals surface area contributed by atoms with Crippen LogP contribution in [-0.4, -0.2) is 48.6 Å². The summed E-state index contributed by atoms with van der Waals surface area (Å²) in [6.45, 7) is 9.11. The molecular weight excluding hydrogens is 328 g/mol. The van der Waals surface area contributed by atoms with E-state index >= 15 is 0 Å². The number of benzene rings is 1. The Bertz CT molecular complexity index is 703. The number of rotatable bonds is 5. The molecule has 1 N–H and O–H groups in total. The Hall–Kier alpha value is -2.14. The molecule has 2 heterocycles. The minimum Gasteiger partial charge on any atom is -0.450 e. The molecule has 5 nitrogen and oxygen atoms in total. The number of nitrogens with zero attached hydrogens (tertiary/aromatic N) is 1. The average molecular weight is 356 g/mol. The van der Waals surface area contributed by atoms with Crippen molar-refractivity contribution in [1.82, 2.24) is 10.2 Å². The molecular formula is C21H28N2O3. The molecule has 1 spiro atoms. The Morgan fingerprint density at radius 3 is 2.54 bits per heavy atom. The molecule has 140 valence electrons. The van der Waals surface area contributed by atoms with Gasteiger partial charge < -0.3 is 15.0 Å². The Morgan fingerprint density at radius 2 is 1.92 bits per heavy atom. The van der Waals surface area contributed by atoms with E-state index in [-0.39, 0.29) is 17.8 Å². The molecule has 0 aliphatic carbocycles. The van der Waals surface area contributed by atoms with E-state index < -0.39 is 5.60 Å². The van der Waals surface area contributed by atoms with Gasteiger partial charge in [0, 0.05) is 38.0 Å². The van der Waals surface area contributed by atoms with Crippen molar-refractivity contribution in [2.45, 2.75) is 45.1 Å². The van der Waals surface area contributed by atoms with Crippen LogP contribution in [-0.2, 0) is 14.3 Å². The van der Waals surface area contributed by atoms with Crippen LogP contribution in [0, 0.1) is 0 Å². The number of carbonyl (C=O) groups excluding carboxylic acids is 2. The third-order valence-electron chi connectivity index (χ3n) is 5.70. The highest BCUT2D eigenvalue weighted by Crippen LogP contribution is 2.41. The summed E-state index contributed by atoms with van der Waals surface area (Å²) in [6, 6.07) is 10.1. The summed E-state index contributed by atoms with van der Waals surface area (Å²) < 4.78 is 5.72. The maximum Gasteiger partial charge on any atom is 0.335 e. The first-order chi connectivity index (χ1) is 12.5. The van der Waals surface area contributed by atoms with Crippen LogP contribution in [0.3, 0.4) is 0 Å². The lowest BCUT2D eigenvalue weighted by atomic mass is 9.82. The second-order valence-corrected chi connectivity index (χ2v) is 7.34. The lowest BCUT2D eigenvalue weighted by molar-refractivity contribution is -0.150. The van der Waals surface area contributed by atoms with Gasteiger partial charge in [0.2, 0.25) is 0 Å². The van der Waals surface area contributed by atoms with E-state index in [1.165, 1.54) is 5.56 Å². The van der Waals surface area contributed by atoms with Crippen LogP contribution in [0.2, 0.25) is 0 Å². The first kappa shape index (κ1) is 18.6. The van der Waals surface area contributed by atoms with E-state index in [1.807, 2.05) is 18.2 Å². The van der Waals surface area contributed by atoms with Gasteiger partial charge in [-0.2, -0.15) is 0 Å². The smallest absolute Gasteiger partial charge is 0.335 e. The van der Waals surface area contributed by atoms with E-state index in [2.05, 4.69) is 36.2 Å². The third-order valence-corrected chi connectivity index (χ3v) is 5.70. The van der Waals surface area contributed by atoms with Crippen LogP contribution >= 0.6 is 0 Å². The zero-order valence-electron chi connectivity index (χ0n) is 15.9. The number of hydrogen-bond donors (Lipinski definition) is 1. The number of likely N-dealkylation sites (tertiary alicyclic amines) is 1. The monoisotopic (exact) mass is 356 g/mol. The SMILES string of the molecule is CCN1CCC2(CC1)OC(=O)C(C)=C2C(=O)NCC(C)c1ccccc1. The van der Waals surface area contributed by atoms with E-state index in [0.29, 0.717) is 30.5 Å². The van der Waals surface area contributed by atoms with Crippen LogP contribution in [0.15, 0.2) is 41.5 Å². The molecule has 0 bridgehead atoms. The first-order valence-corrected chi connectivity index (χ1v) is 9.47. The maximum absolute atomic E-state index is 12.9. The second kappa shape index (κ2) is 7.62. The summed E-state index contributed by atoms with van der Waals surface area (Å²) in [4.78, 5) is 27.5. The molecule has 1 saturated heterocycles. The molecule has 1 amide bonds. The highest BCUT2D eigenvalue weighted by Gasteiger charge is 2.50. The number of piperidine rings is 1. The van der Waals surface area contributed by atoms with Crippen molar-refractivity contribution in [3.8, 4) is 0 Å². The van der Waals surface area contributed by atoms with Crippen molar-refractivity contribution in [3.63, 3.8) is 0 Å². The Labute approximate surface area is 155 Å². The summed E-state index contributed by atoms with van der Waals surface area (Å²) in [6.07, 6.45) is 1.36. The van der Waals surface area contributed by atoms with E-state index in [0.717, 1.165) is 19.6 Å². The predicted octanol–water partition coefficient (Wildman–Crippen LogP) is 2.63. The van der Waals surface area contributed by atoms with Crippen molar-refractivity contribution >= 4 is 11.9 Å². The fourth-order valence-electron chi connectivity index (χ4n) is 3.94. The van der Waals surface area contributed by atoms with Gasteiger partial charge >= 0.3 is 5.97 Å². The minimum atomic E-state index is -0.743. The zero-order chi connectivity index (χ0) is 18.7. The number of carbonyl (C=O) groups is 2. The normalized spacial score (nSPS) is 21.0. The Balaban J connectivity index is 1.71. The fraction of sp³-hybridized carbons (Fsp3) is 0.524. The first-order valence-electron chi connectivity index (χ1n) is 9.47. The minimum absolute atomic E-state index is 0.166. The van der Waals surface area contributed by atoms with Crippen molar-refractivity contribution in [3.05, 3.63) is 47.0 Å². The summed E-state index contributed by atoms with van der Waals surface area (Å²) in [5.74, 6) is -0.311. The Morgan fingerprint density at radius 1 is 1.27 bits per heavy atom. The van der Waals surface area contributed by atoms with Crippen LogP contribution in [0.5, 0.6) is 0 Å². The summed E-state index contributed by atoms with van der Waals surface area (Å²) in [7, 11) is 0. The lowest BCUT2D eigenvalue weighted by Crippen LogP contribution is -2.49. The van der Waals surface area contributed by atoms with Gasteiger partial charge in [-0.25, -0.2) is 4.79 Å². The van der Waals surface area contributed by atoms with Crippen LogP contribution in [0.25, 0.3) is 0 Å². The molecule has 0 radical (unpaired) electrons.